The van der Waals surface area contributed by atoms with Gasteiger partial charge in [0.25, 0.3) is 0 Å². The highest BCUT2D eigenvalue weighted by atomic mass is 35.5. The second kappa shape index (κ2) is 4.88. The molecule has 0 aromatic heterocycles. The van der Waals surface area contributed by atoms with Crippen molar-refractivity contribution in [3.05, 3.63) is 28.8 Å². The molecule has 0 aliphatic carbocycles. The van der Waals surface area contributed by atoms with Crippen LogP contribution in [0.2, 0.25) is 5.02 Å². The zero-order chi connectivity index (χ0) is 13.2. The minimum absolute atomic E-state index is 0.0621. The fourth-order valence-electron chi connectivity index (χ4n) is 1.15. The van der Waals surface area contributed by atoms with Crippen LogP contribution in [0.25, 0.3) is 0 Å². The number of nitrogens with one attached hydrogen (secondary N) is 1. The van der Waals surface area contributed by atoms with E-state index in [1.807, 2.05) is 20.8 Å². The van der Waals surface area contributed by atoms with Gasteiger partial charge in [0, 0.05) is 11.0 Å². The smallest absolute Gasteiger partial charge is 0.229 e. The van der Waals surface area contributed by atoms with Crippen LogP contribution in [0.15, 0.2) is 18.2 Å². The predicted octanol–water partition coefficient (Wildman–Crippen LogP) is 3.53. The van der Waals surface area contributed by atoms with Crippen molar-refractivity contribution in [3.8, 4) is 0 Å². The van der Waals surface area contributed by atoms with Crippen LogP contribution >= 0.6 is 11.6 Å². The predicted molar refractivity (Wildman–Crippen MR) is 69.5 cm³/mol. The second-order valence-electron chi connectivity index (χ2n) is 4.95. The Labute approximate surface area is 106 Å². The molecule has 0 saturated heterocycles. The maximum Gasteiger partial charge on any atom is 0.229 e. The van der Waals surface area contributed by atoms with Crippen molar-refractivity contribution in [2.45, 2.75) is 27.7 Å². The van der Waals surface area contributed by atoms with Crippen molar-refractivity contribution in [3.63, 3.8) is 0 Å². The van der Waals surface area contributed by atoms with Gasteiger partial charge >= 0.3 is 0 Å². The summed E-state index contributed by atoms with van der Waals surface area (Å²) in [5.41, 5.74) is 0.494. The molecule has 0 spiro atoms. The fraction of sp³-hybridized carbons (Fsp3) is 0.385. The molecule has 0 heterocycles. The monoisotopic (exact) mass is 253 g/mol. The van der Waals surface area contributed by atoms with E-state index in [-0.39, 0.29) is 11.7 Å². The highest BCUT2D eigenvalue weighted by Crippen LogP contribution is 2.25. The molecular formula is C13H16ClNO2. The largest absolute Gasteiger partial charge is 0.324 e. The Kier molecular flexibility index (Phi) is 3.94. The van der Waals surface area contributed by atoms with Crippen molar-refractivity contribution in [2.75, 3.05) is 5.32 Å². The van der Waals surface area contributed by atoms with Gasteiger partial charge in [-0.05, 0) is 25.1 Å². The van der Waals surface area contributed by atoms with Crippen LogP contribution < -0.4 is 5.32 Å². The van der Waals surface area contributed by atoms with Crippen LogP contribution in [0.4, 0.5) is 5.69 Å². The summed E-state index contributed by atoms with van der Waals surface area (Å²) in [6.07, 6.45) is 0. The van der Waals surface area contributed by atoms with Gasteiger partial charge in [0.2, 0.25) is 5.91 Å². The molecule has 92 valence electrons. The summed E-state index contributed by atoms with van der Waals surface area (Å²) in [6, 6.07) is 4.84. The van der Waals surface area contributed by atoms with Gasteiger partial charge in [0.1, 0.15) is 0 Å². The third-order valence-corrected chi connectivity index (χ3v) is 2.63. The van der Waals surface area contributed by atoms with Gasteiger partial charge < -0.3 is 5.32 Å². The summed E-state index contributed by atoms with van der Waals surface area (Å²) >= 11 is 5.97. The summed E-state index contributed by atoms with van der Waals surface area (Å²) < 4.78 is 0. The first-order valence-corrected chi connectivity index (χ1v) is 5.71. The number of hydrogen-bond donors (Lipinski definition) is 1. The molecule has 0 aliphatic rings. The number of anilines is 1. The molecular weight excluding hydrogens is 238 g/mol. The average Bonchev–Trinajstić information content (AvgIpc) is 2.19. The van der Waals surface area contributed by atoms with E-state index in [2.05, 4.69) is 5.32 Å². The van der Waals surface area contributed by atoms with Crippen molar-refractivity contribution in [1.29, 1.82) is 0 Å². The molecule has 0 bridgehead atoms. The molecule has 0 fully saturated rings. The number of ketones is 1. The van der Waals surface area contributed by atoms with Gasteiger partial charge in [-0.25, -0.2) is 0 Å². The van der Waals surface area contributed by atoms with Crippen molar-refractivity contribution in [2.24, 2.45) is 5.41 Å². The molecule has 0 aliphatic heterocycles. The van der Waals surface area contributed by atoms with E-state index in [1.54, 1.807) is 18.2 Å². The first-order chi connectivity index (χ1) is 7.71. The molecule has 0 radical (unpaired) electrons. The Morgan fingerprint density at radius 2 is 1.82 bits per heavy atom. The van der Waals surface area contributed by atoms with Crippen LogP contribution in [0, 0.1) is 5.41 Å². The van der Waals surface area contributed by atoms with Gasteiger partial charge in [0.05, 0.1) is 10.7 Å². The second-order valence-corrected chi connectivity index (χ2v) is 5.36. The van der Waals surface area contributed by atoms with E-state index in [0.29, 0.717) is 16.3 Å². The van der Waals surface area contributed by atoms with E-state index in [0.717, 1.165) is 0 Å². The van der Waals surface area contributed by atoms with Crippen LogP contribution in [-0.4, -0.2) is 11.7 Å². The van der Waals surface area contributed by atoms with Crippen LogP contribution in [-0.2, 0) is 4.79 Å². The lowest BCUT2D eigenvalue weighted by molar-refractivity contribution is -0.123. The van der Waals surface area contributed by atoms with Crippen molar-refractivity contribution < 1.29 is 9.59 Å². The van der Waals surface area contributed by atoms with Gasteiger partial charge in [0.15, 0.2) is 5.78 Å². The zero-order valence-electron chi connectivity index (χ0n) is 10.4. The summed E-state index contributed by atoms with van der Waals surface area (Å²) in [4.78, 5) is 23.0. The molecule has 1 aromatic rings. The minimum atomic E-state index is -0.504. The van der Waals surface area contributed by atoms with Gasteiger partial charge in [-0.1, -0.05) is 32.4 Å². The molecule has 0 saturated carbocycles. The molecule has 0 atom stereocenters. The summed E-state index contributed by atoms with van der Waals surface area (Å²) in [5.74, 6) is -0.201. The standard InChI is InChI=1S/C13H16ClNO2/c1-8(16)9-5-6-10(14)11(7-9)15-12(17)13(2,3)4/h5-7H,1-4H3,(H,15,17). The number of benzene rings is 1. The number of carbonyl (C=O) groups is 2. The highest BCUT2D eigenvalue weighted by Gasteiger charge is 2.22. The SMILES string of the molecule is CC(=O)c1ccc(Cl)c(NC(=O)C(C)(C)C)c1. The van der Waals surface area contributed by atoms with Crippen molar-refractivity contribution >= 4 is 29.0 Å². The van der Waals surface area contributed by atoms with Crippen molar-refractivity contribution in [1.82, 2.24) is 0 Å². The molecule has 0 unspecified atom stereocenters. The van der Waals surface area contributed by atoms with Gasteiger partial charge in [-0.15, -0.1) is 0 Å². The molecule has 1 amide bonds. The molecule has 1 aromatic carbocycles. The quantitative estimate of drug-likeness (QED) is 0.820. The third-order valence-electron chi connectivity index (χ3n) is 2.30. The van der Waals surface area contributed by atoms with E-state index >= 15 is 0 Å². The Balaban J connectivity index is 3.02. The van der Waals surface area contributed by atoms with E-state index < -0.39 is 5.41 Å². The van der Waals surface area contributed by atoms with Crippen LogP contribution in [0.3, 0.4) is 0 Å². The maximum atomic E-state index is 11.8. The normalized spacial score (nSPS) is 11.1. The summed E-state index contributed by atoms with van der Waals surface area (Å²) in [7, 11) is 0. The Morgan fingerprint density at radius 3 is 2.29 bits per heavy atom. The lowest BCUT2D eigenvalue weighted by Crippen LogP contribution is -2.27. The van der Waals surface area contributed by atoms with Gasteiger partial charge in [-0.2, -0.15) is 0 Å². The highest BCUT2D eigenvalue weighted by molar-refractivity contribution is 6.34. The van der Waals surface area contributed by atoms with E-state index in [9.17, 15) is 9.59 Å². The number of carbonyl (C=O) groups excluding carboxylic acids is 2. The lowest BCUT2D eigenvalue weighted by Gasteiger charge is -2.18. The van der Waals surface area contributed by atoms with Crippen LogP contribution in [0.1, 0.15) is 38.1 Å². The number of hydrogen-bond acceptors (Lipinski definition) is 2. The fourth-order valence-corrected chi connectivity index (χ4v) is 1.31. The Morgan fingerprint density at radius 1 is 1.24 bits per heavy atom. The van der Waals surface area contributed by atoms with Crippen LogP contribution in [0.5, 0.6) is 0 Å². The van der Waals surface area contributed by atoms with Gasteiger partial charge in [-0.3, -0.25) is 9.59 Å². The number of rotatable bonds is 2. The number of halogens is 1. The molecule has 3 nitrogen and oxygen atoms in total. The number of Topliss-reactive ketones (excluding diaryl/α,β-unsaturated/α-hetero) is 1. The maximum absolute atomic E-state index is 11.8. The molecule has 17 heavy (non-hydrogen) atoms. The average molecular weight is 254 g/mol. The first kappa shape index (κ1) is 13.7. The molecule has 4 heteroatoms. The molecule has 1 N–H and O–H groups in total. The zero-order valence-corrected chi connectivity index (χ0v) is 11.2. The summed E-state index contributed by atoms with van der Waals surface area (Å²) in [5, 5.41) is 3.15. The lowest BCUT2D eigenvalue weighted by atomic mass is 9.95. The molecule has 1 rings (SSSR count). The first-order valence-electron chi connectivity index (χ1n) is 5.34. The topological polar surface area (TPSA) is 46.2 Å². The number of amides is 1. The Bertz CT molecular complexity index is 461. The third kappa shape index (κ3) is 3.56. The summed E-state index contributed by atoms with van der Waals surface area (Å²) in [6.45, 7) is 6.90. The van der Waals surface area contributed by atoms with E-state index in [1.165, 1.54) is 6.92 Å². The Hall–Kier alpha value is -1.35. The minimum Gasteiger partial charge on any atom is -0.324 e. The van der Waals surface area contributed by atoms with E-state index in [4.69, 9.17) is 11.6 Å².